The number of nitriles is 1. The molecule has 1 N–H and O–H groups in total. The first-order chi connectivity index (χ1) is 7.24. The van der Waals surface area contributed by atoms with Gasteiger partial charge in [-0.3, -0.25) is 0 Å². The van der Waals surface area contributed by atoms with Gasteiger partial charge in [0.05, 0.1) is 6.07 Å². The van der Waals surface area contributed by atoms with Crippen molar-refractivity contribution in [3.8, 4) is 6.07 Å². The number of hydrogen-bond donors (Lipinski definition) is 1. The van der Waals surface area contributed by atoms with Crippen molar-refractivity contribution in [3.05, 3.63) is 0 Å². The van der Waals surface area contributed by atoms with Gasteiger partial charge in [0, 0.05) is 19.0 Å². The number of unbranched alkanes of at least 4 members (excludes halogenated alkanes) is 2. The molecule has 3 heteroatoms. The zero-order valence-electron chi connectivity index (χ0n) is 10.4. The maximum absolute atomic E-state index is 8.38. The SMILES string of the molecule is CCN(CC)CC(C)NCCCCC#N. The molecule has 0 aromatic rings. The van der Waals surface area contributed by atoms with Crippen molar-refractivity contribution < 1.29 is 0 Å². The van der Waals surface area contributed by atoms with Crippen LogP contribution in [0.3, 0.4) is 0 Å². The molecule has 15 heavy (non-hydrogen) atoms. The normalized spacial score (nSPS) is 12.7. The predicted octanol–water partition coefficient (Wildman–Crippen LogP) is 2.00. The predicted molar refractivity (Wildman–Crippen MR) is 64.7 cm³/mol. The van der Waals surface area contributed by atoms with Crippen LogP contribution in [-0.4, -0.2) is 37.1 Å². The molecular formula is C12H25N3. The Bertz CT molecular complexity index is 170. The molecular weight excluding hydrogens is 186 g/mol. The number of nitrogens with one attached hydrogen (secondary N) is 1. The molecule has 0 fully saturated rings. The number of nitrogens with zero attached hydrogens (tertiary/aromatic N) is 2. The topological polar surface area (TPSA) is 39.1 Å². The number of likely N-dealkylation sites (N-methyl/N-ethyl adjacent to an activating group) is 1. The second-order valence-electron chi connectivity index (χ2n) is 3.96. The molecule has 0 saturated heterocycles. The van der Waals surface area contributed by atoms with Crippen LogP contribution in [0.5, 0.6) is 0 Å². The molecule has 0 aliphatic carbocycles. The van der Waals surface area contributed by atoms with E-state index < -0.39 is 0 Å². The fraction of sp³-hybridized carbons (Fsp3) is 0.917. The van der Waals surface area contributed by atoms with Gasteiger partial charge in [-0.25, -0.2) is 0 Å². The first kappa shape index (κ1) is 14.4. The van der Waals surface area contributed by atoms with E-state index in [1.165, 1.54) is 0 Å². The Balaban J connectivity index is 3.40. The van der Waals surface area contributed by atoms with Crippen molar-refractivity contribution in [1.29, 1.82) is 5.26 Å². The average Bonchev–Trinajstić information content (AvgIpc) is 2.25. The van der Waals surface area contributed by atoms with Gasteiger partial charge in [0.15, 0.2) is 0 Å². The Morgan fingerprint density at radius 1 is 1.27 bits per heavy atom. The molecule has 1 unspecified atom stereocenters. The molecule has 88 valence electrons. The van der Waals surface area contributed by atoms with E-state index in [0.29, 0.717) is 12.5 Å². The maximum Gasteiger partial charge on any atom is 0.0621 e. The number of hydrogen-bond acceptors (Lipinski definition) is 3. The van der Waals surface area contributed by atoms with Crippen molar-refractivity contribution in [1.82, 2.24) is 10.2 Å². The highest BCUT2D eigenvalue weighted by molar-refractivity contribution is 4.70. The van der Waals surface area contributed by atoms with Crippen LogP contribution in [0.4, 0.5) is 0 Å². The second kappa shape index (κ2) is 9.95. The third-order valence-corrected chi connectivity index (χ3v) is 2.63. The lowest BCUT2D eigenvalue weighted by atomic mass is 10.2. The van der Waals surface area contributed by atoms with Crippen molar-refractivity contribution in [2.24, 2.45) is 0 Å². The smallest absolute Gasteiger partial charge is 0.0621 e. The van der Waals surface area contributed by atoms with Gasteiger partial charge in [-0.2, -0.15) is 5.26 Å². The molecule has 0 amide bonds. The van der Waals surface area contributed by atoms with Crippen molar-refractivity contribution in [3.63, 3.8) is 0 Å². The summed E-state index contributed by atoms with van der Waals surface area (Å²) in [7, 11) is 0. The molecule has 1 atom stereocenters. The summed E-state index contributed by atoms with van der Waals surface area (Å²) >= 11 is 0. The summed E-state index contributed by atoms with van der Waals surface area (Å²) in [5.41, 5.74) is 0. The lowest BCUT2D eigenvalue weighted by Gasteiger charge is -2.23. The summed E-state index contributed by atoms with van der Waals surface area (Å²) in [6.45, 7) is 11.0. The Morgan fingerprint density at radius 2 is 1.93 bits per heavy atom. The molecule has 0 heterocycles. The third-order valence-electron chi connectivity index (χ3n) is 2.63. The van der Waals surface area contributed by atoms with E-state index in [9.17, 15) is 0 Å². The quantitative estimate of drug-likeness (QED) is 0.593. The summed E-state index contributed by atoms with van der Waals surface area (Å²) in [5.74, 6) is 0. The Labute approximate surface area is 94.5 Å². The summed E-state index contributed by atoms with van der Waals surface area (Å²) in [5, 5.41) is 11.9. The highest BCUT2D eigenvalue weighted by atomic mass is 15.1. The fourth-order valence-corrected chi connectivity index (χ4v) is 1.61. The highest BCUT2D eigenvalue weighted by Crippen LogP contribution is 1.95. The monoisotopic (exact) mass is 211 g/mol. The highest BCUT2D eigenvalue weighted by Gasteiger charge is 2.05. The average molecular weight is 211 g/mol. The molecule has 0 aromatic carbocycles. The lowest BCUT2D eigenvalue weighted by Crippen LogP contribution is -2.39. The molecule has 0 aliphatic rings. The first-order valence-corrected chi connectivity index (χ1v) is 6.07. The number of rotatable bonds is 9. The molecule has 0 spiro atoms. The summed E-state index contributed by atoms with van der Waals surface area (Å²) in [6, 6.07) is 2.72. The summed E-state index contributed by atoms with van der Waals surface area (Å²) < 4.78 is 0. The van der Waals surface area contributed by atoms with Crippen LogP contribution in [0, 0.1) is 11.3 Å². The van der Waals surface area contributed by atoms with Crippen LogP contribution in [0.2, 0.25) is 0 Å². The summed E-state index contributed by atoms with van der Waals surface area (Å²) in [4.78, 5) is 2.42. The summed E-state index contributed by atoms with van der Waals surface area (Å²) in [6.07, 6.45) is 2.81. The van der Waals surface area contributed by atoms with Crippen LogP contribution in [-0.2, 0) is 0 Å². The fourth-order valence-electron chi connectivity index (χ4n) is 1.61. The second-order valence-corrected chi connectivity index (χ2v) is 3.96. The van der Waals surface area contributed by atoms with Gasteiger partial charge in [0.1, 0.15) is 0 Å². The minimum absolute atomic E-state index is 0.548. The van der Waals surface area contributed by atoms with E-state index in [2.05, 4.69) is 37.1 Å². The Morgan fingerprint density at radius 3 is 2.47 bits per heavy atom. The van der Waals surface area contributed by atoms with E-state index in [-0.39, 0.29) is 0 Å². The van der Waals surface area contributed by atoms with Gasteiger partial charge in [0.2, 0.25) is 0 Å². The van der Waals surface area contributed by atoms with Crippen LogP contribution >= 0.6 is 0 Å². The zero-order valence-corrected chi connectivity index (χ0v) is 10.4. The standard InChI is InChI=1S/C12H25N3/c1-4-15(5-2)11-12(3)14-10-8-6-7-9-13/h12,14H,4-8,10-11H2,1-3H3. The van der Waals surface area contributed by atoms with Crippen LogP contribution < -0.4 is 5.32 Å². The van der Waals surface area contributed by atoms with Gasteiger partial charge in [0.25, 0.3) is 0 Å². The zero-order chi connectivity index (χ0) is 11.5. The lowest BCUT2D eigenvalue weighted by molar-refractivity contribution is 0.271. The minimum atomic E-state index is 0.548. The third kappa shape index (κ3) is 8.41. The van der Waals surface area contributed by atoms with E-state index in [4.69, 9.17) is 5.26 Å². The molecule has 0 aromatic heterocycles. The van der Waals surface area contributed by atoms with Crippen molar-refractivity contribution in [2.45, 2.75) is 46.1 Å². The van der Waals surface area contributed by atoms with Gasteiger partial charge in [-0.15, -0.1) is 0 Å². The molecule has 3 nitrogen and oxygen atoms in total. The van der Waals surface area contributed by atoms with Gasteiger partial charge in [-0.05, 0) is 39.4 Å². The minimum Gasteiger partial charge on any atom is -0.313 e. The van der Waals surface area contributed by atoms with Crippen LogP contribution in [0.15, 0.2) is 0 Å². The Hall–Kier alpha value is -0.590. The maximum atomic E-state index is 8.38. The molecule has 0 bridgehead atoms. The van der Waals surface area contributed by atoms with Crippen LogP contribution in [0.25, 0.3) is 0 Å². The van der Waals surface area contributed by atoms with Crippen molar-refractivity contribution in [2.75, 3.05) is 26.2 Å². The van der Waals surface area contributed by atoms with E-state index in [1.54, 1.807) is 0 Å². The van der Waals surface area contributed by atoms with Gasteiger partial charge < -0.3 is 10.2 Å². The first-order valence-electron chi connectivity index (χ1n) is 6.07. The van der Waals surface area contributed by atoms with Gasteiger partial charge in [-0.1, -0.05) is 13.8 Å². The van der Waals surface area contributed by atoms with E-state index in [0.717, 1.165) is 39.0 Å². The van der Waals surface area contributed by atoms with Crippen molar-refractivity contribution >= 4 is 0 Å². The molecule has 0 rings (SSSR count). The van der Waals surface area contributed by atoms with E-state index >= 15 is 0 Å². The molecule has 0 radical (unpaired) electrons. The molecule has 0 aliphatic heterocycles. The largest absolute Gasteiger partial charge is 0.313 e. The van der Waals surface area contributed by atoms with Crippen LogP contribution in [0.1, 0.15) is 40.0 Å². The molecule has 0 saturated carbocycles. The Kier molecular flexibility index (Phi) is 9.55. The van der Waals surface area contributed by atoms with Gasteiger partial charge >= 0.3 is 0 Å². The van der Waals surface area contributed by atoms with E-state index in [1.807, 2.05) is 0 Å².